The zero-order valence-electron chi connectivity index (χ0n) is 19.1. The van der Waals surface area contributed by atoms with E-state index in [1.54, 1.807) is 4.90 Å². The van der Waals surface area contributed by atoms with Crippen LogP contribution in [0.15, 0.2) is 72.8 Å². The van der Waals surface area contributed by atoms with Crippen LogP contribution in [0.2, 0.25) is 0 Å². The third-order valence-electron chi connectivity index (χ3n) is 6.45. The lowest BCUT2D eigenvalue weighted by Gasteiger charge is -2.33. The predicted octanol–water partition coefficient (Wildman–Crippen LogP) is 3.90. The first-order chi connectivity index (χ1) is 16.4. The lowest BCUT2D eigenvalue weighted by Crippen LogP contribution is -2.51. The number of thioether (sulfide) groups is 1. The summed E-state index contributed by atoms with van der Waals surface area (Å²) in [5.74, 6) is -0.443. The Morgan fingerprint density at radius 2 is 1.71 bits per heavy atom. The van der Waals surface area contributed by atoms with Gasteiger partial charge >= 0.3 is 0 Å². The number of benzene rings is 3. The molecule has 172 valence electrons. The van der Waals surface area contributed by atoms with Crippen LogP contribution in [0, 0.1) is 13.8 Å². The minimum absolute atomic E-state index is 0.111. The number of aryl methyl sites for hydroxylation is 2. The molecule has 0 aromatic heterocycles. The van der Waals surface area contributed by atoms with Crippen molar-refractivity contribution < 1.29 is 14.4 Å². The number of nitrogens with one attached hydrogen (secondary N) is 1. The van der Waals surface area contributed by atoms with Crippen molar-refractivity contribution in [2.24, 2.45) is 0 Å². The van der Waals surface area contributed by atoms with E-state index in [0.29, 0.717) is 17.9 Å². The number of carbonyl (C=O) groups excluding carboxylic acids is 3. The summed E-state index contributed by atoms with van der Waals surface area (Å²) in [6, 6.07) is 22.9. The van der Waals surface area contributed by atoms with Crippen LogP contribution in [0.3, 0.4) is 0 Å². The van der Waals surface area contributed by atoms with Gasteiger partial charge in [-0.25, -0.2) is 0 Å². The van der Waals surface area contributed by atoms with Gasteiger partial charge in [0, 0.05) is 17.8 Å². The van der Waals surface area contributed by atoms with E-state index in [-0.39, 0.29) is 30.0 Å². The van der Waals surface area contributed by atoms with Crippen molar-refractivity contribution in [1.29, 1.82) is 0 Å². The first-order valence-electron chi connectivity index (χ1n) is 11.2. The number of rotatable bonds is 5. The van der Waals surface area contributed by atoms with E-state index in [2.05, 4.69) is 5.32 Å². The highest BCUT2D eigenvalue weighted by atomic mass is 32.2. The maximum Gasteiger partial charge on any atom is 0.269 e. The lowest BCUT2D eigenvalue weighted by atomic mass is 10.0. The highest BCUT2D eigenvalue weighted by Gasteiger charge is 2.61. The SMILES string of the molecule is Cc1ccc(N2C(=O)CS[C@]23C(=O)N(CC(=O)NCc2ccccc2)c2ccccc23)cc1C. The fourth-order valence-electron chi connectivity index (χ4n) is 4.57. The van der Waals surface area contributed by atoms with E-state index in [1.165, 1.54) is 16.7 Å². The fourth-order valence-corrected chi connectivity index (χ4v) is 5.93. The molecule has 0 aliphatic carbocycles. The van der Waals surface area contributed by atoms with Gasteiger partial charge in [-0.2, -0.15) is 0 Å². The smallest absolute Gasteiger partial charge is 0.269 e. The molecule has 0 saturated carbocycles. The van der Waals surface area contributed by atoms with Gasteiger partial charge in [-0.1, -0.05) is 54.6 Å². The van der Waals surface area contributed by atoms with Crippen LogP contribution in [-0.4, -0.2) is 30.0 Å². The molecule has 34 heavy (non-hydrogen) atoms. The van der Waals surface area contributed by atoms with Gasteiger partial charge in [0.15, 0.2) is 0 Å². The minimum atomic E-state index is -1.21. The molecule has 1 spiro atoms. The summed E-state index contributed by atoms with van der Waals surface area (Å²) < 4.78 is 0. The van der Waals surface area contributed by atoms with Crippen molar-refractivity contribution in [1.82, 2.24) is 5.32 Å². The third kappa shape index (κ3) is 3.56. The molecular weight excluding hydrogens is 446 g/mol. The first-order valence-corrected chi connectivity index (χ1v) is 12.2. The van der Waals surface area contributed by atoms with Gasteiger partial charge in [-0.3, -0.25) is 24.2 Å². The summed E-state index contributed by atoms with van der Waals surface area (Å²) >= 11 is 1.32. The molecule has 1 fully saturated rings. The van der Waals surface area contributed by atoms with Crippen molar-refractivity contribution in [3.63, 3.8) is 0 Å². The number of para-hydroxylation sites is 1. The number of anilines is 2. The molecule has 6 nitrogen and oxygen atoms in total. The van der Waals surface area contributed by atoms with E-state index < -0.39 is 4.87 Å². The topological polar surface area (TPSA) is 69.7 Å². The Labute approximate surface area is 202 Å². The van der Waals surface area contributed by atoms with E-state index in [1.807, 2.05) is 86.6 Å². The molecular formula is C27H25N3O3S. The molecule has 0 radical (unpaired) electrons. The second-order valence-electron chi connectivity index (χ2n) is 8.60. The van der Waals surface area contributed by atoms with Crippen LogP contribution < -0.4 is 15.1 Å². The Morgan fingerprint density at radius 1 is 0.971 bits per heavy atom. The molecule has 2 aliphatic heterocycles. The average molecular weight is 472 g/mol. The molecule has 0 unspecified atom stereocenters. The van der Waals surface area contributed by atoms with Gasteiger partial charge in [0.25, 0.3) is 5.91 Å². The second-order valence-corrected chi connectivity index (χ2v) is 9.77. The molecule has 2 aliphatic rings. The number of amides is 3. The van der Waals surface area contributed by atoms with Crippen LogP contribution in [0.1, 0.15) is 22.3 Å². The van der Waals surface area contributed by atoms with E-state index in [0.717, 1.165) is 22.3 Å². The zero-order chi connectivity index (χ0) is 23.9. The molecule has 1 atom stereocenters. The summed E-state index contributed by atoms with van der Waals surface area (Å²) in [5.41, 5.74) is 5.25. The number of hydrogen-bond donors (Lipinski definition) is 1. The van der Waals surface area contributed by atoms with Gasteiger partial charge in [-0.15, -0.1) is 11.8 Å². The van der Waals surface area contributed by atoms with Crippen molar-refractivity contribution in [2.45, 2.75) is 25.3 Å². The number of carbonyl (C=O) groups is 3. The molecule has 3 aromatic rings. The Kier molecular flexibility index (Phi) is 5.65. The average Bonchev–Trinajstić information content (AvgIpc) is 3.31. The van der Waals surface area contributed by atoms with Crippen LogP contribution in [-0.2, 0) is 25.8 Å². The molecule has 7 heteroatoms. The molecule has 1 saturated heterocycles. The largest absolute Gasteiger partial charge is 0.350 e. The molecule has 3 aromatic carbocycles. The summed E-state index contributed by atoms with van der Waals surface area (Å²) in [5, 5.41) is 2.90. The van der Waals surface area contributed by atoms with Crippen LogP contribution in [0.4, 0.5) is 11.4 Å². The van der Waals surface area contributed by atoms with Crippen LogP contribution >= 0.6 is 11.8 Å². The highest BCUT2D eigenvalue weighted by molar-refractivity contribution is 8.02. The number of fused-ring (bicyclic) bond motifs is 2. The van der Waals surface area contributed by atoms with Crippen molar-refractivity contribution in [3.8, 4) is 0 Å². The molecule has 0 bridgehead atoms. The minimum Gasteiger partial charge on any atom is -0.350 e. The van der Waals surface area contributed by atoms with E-state index in [4.69, 9.17) is 0 Å². The summed E-state index contributed by atoms with van der Waals surface area (Å²) in [6.07, 6.45) is 0. The number of nitrogens with zero attached hydrogens (tertiary/aromatic N) is 2. The predicted molar refractivity (Wildman–Crippen MR) is 135 cm³/mol. The van der Waals surface area contributed by atoms with Crippen molar-refractivity contribution in [3.05, 3.63) is 95.1 Å². The zero-order valence-corrected chi connectivity index (χ0v) is 19.9. The molecule has 1 N–H and O–H groups in total. The van der Waals surface area contributed by atoms with E-state index in [9.17, 15) is 14.4 Å². The van der Waals surface area contributed by atoms with Crippen molar-refractivity contribution in [2.75, 3.05) is 22.1 Å². The Morgan fingerprint density at radius 3 is 2.47 bits per heavy atom. The summed E-state index contributed by atoms with van der Waals surface area (Å²) in [6.45, 7) is 4.28. The third-order valence-corrected chi connectivity index (χ3v) is 7.83. The van der Waals surface area contributed by atoms with Gasteiger partial charge < -0.3 is 5.32 Å². The lowest BCUT2D eigenvalue weighted by molar-refractivity contribution is -0.125. The van der Waals surface area contributed by atoms with Gasteiger partial charge in [0.2, 0.25) is 16.7 Å². The van der Waals surface area contributed by atoms with Crippen molar-refractivity contribution >= 4 is 40.9 Å². The first kappa shape index (κ1) is 22.2. The van der Waals surface area contributed by atoms with Gasteiger partial charge in [0.05, 0.1) is 11.4 Å². The highest BCUT2D eigenvalue weighted by Crippen LogP contribution is 2.55. The Balaban J connectivity index is 1.48. The summed E-state index contributed by atoms with van der Waals surface area (Å²) in [4.78, 5) is 41.9. The molecule has 3 amide bonds. The van der Waals surface area contributed by atoms with Gasteiger partial charge in [0.1, 0.15) is 6.54 Å². The maximum atomic E-state index is 14.0. The Hall–Kier alpha value is -3.58. The fraction of sp³-hybridized carbons (Fsp3) is 0.222. The van der Waals surface area contributed by atoms with E-state index >= 15 is 0 Å². The maximum absolute atomic E-state index is 14.0. The number of hydrogen-bond acceptors (Lipinski definition) is 4. The molecule has 2 heterocycles. The van der Waals surface area contributed by atoms with Crippen LogP contribution in [0.25, 0.3) is 0 Å². The monoisotopic (exact) mass is 471 g/mol. The normalized spacial score (nSPS) is 19.1. The standard InChI is InChI=1S/C27H25N3O3S/c1-18-12-13-21(14-19(18)2)30-25(32)17-34-27(30)22-10-6-7-11-23(22)29(26(27)33)16-24(31)28-15-20-8-4-3-5-9-20/h3-14H,15-17H2,1-2H3,(H,28,31)/t27-/m1/s1. The Bertz CT molecular complexity index is 1290. The molecule has 5 rings (SSSR count). The van der Waals surface area contributed by atoms with Crippen LogP contribution in [0.5, 0.6) is 0 Å². The summed E-state index contributed by atoms with van der Waals surface area (Å²) in [7, 11) is 0. The second kappa shape index (κ2) is 8.65. The quantitative estimate of drug-likeness (QED) is 0.613. The van der Waals surface area contributed by atoms with Gasteiger partial charge in [-0.05, 0) is 48.7 Å².